The summed E-state index contributed by atoms with van der Waals surface area (Å²) in [7, 11) is 0. The molecule has 0 saturated carbocycles. The Bertz CT molecular complexity index is 452. The molecule has 2 aliphatic rings. The van der Waals surface area contributed by atoms with Crippen molar-refractivity contribution in [1.29, 1.82) is 0 Å². The lowest BCUT2D eigenvalue weighted by Gasteiger charge is -2.37. The number of nitrogens with zero attached hydrogens (tertiary/aromatic N) is 2. The van der Waals surface area contributed by atoms with Crippen molar-refractivity contribution in [2.75, 3.05) is 19.8 Å². The number of aliphatic hydroxyl groups is 1. The highest BCUT2D eigenvalue weighted by atomic mass is 16.5. The van der Waals surface area contributed by atoms with Gasteiger partial charge in [0.1, 0.15) is 0 Å². The van der Waals surface area contributed by atoms with E-state index in [0.717, 1.165) is 19.5 Å². The minimum atomic E-state index is -0.204. The van der Waals surface area contributed by atoms with E-state index in [1.807, 2.05) is 12.4 Å². The third-order valence-corrected chi connectivity index (χ3v) is 4.59. The maximum Gasteiger partial charge on any atom is 0.0627 e. The lowest BCUT2D eigenvalue weighted by atomic mass is 9.89. The van der Waals surface area contributed by atoms with E-state index in [1.54, 1.807) is 0 Å². The summed E-state index contributed by atoms with van der Waals surface area (Å²) >= 11 is 0. The van der Waals surface area contributed by atoms with Gasteiger partial charge < -0.3 is 9.84 Å². The van der Waals surface area contributed by atoms with E-state index in [0.29, 0.717) is 19.3 Å². The summed E-state index contributed by atoms with van der Waals surface area (Å²) in [5.74, 6) is 0.268. The molecule has 3 atom stereocenters. The van der Waals surface area contributed by atoms with E-state index >= 15 is 0 Å². The summed E-state index contributed by atoms with van der Waals surface area (Å²) in [6, 6.07) is 2.65. The van der Waals surface area contributed by atoms with Crippen LogP contribution in [0, 0.1) is 12.8 Å². The molecule has 2 aliphatic heterocycles. The molecule has 1 aromatic heterocycles. The predicted octanol–water partition coefficient (Wildman–Crippen LogP) is 1.75. The average Bonchev–Trinajstić information content (AvgIpc) is 2.87. The maximum absolute atomic E-state index is 10.2. The molecule has 1 aromatic rings. The van der Waals surface area contributed by atoms with Crippen LogP contribution in [0.1, 0.15) is 30.4 Å². The molecule has 3 rings (SSSR count). The first-order valence-corrected chi connectivity index (χ1v) is 7.64. The van der Waals surface area contributed by atoms with E-state index in [4.69, 9.17) is 4.74 Å². The van der Waals surface area contributed by atoms with Crippen molar-refractivity contribution < 1.29 is 9.84 Å². The molecule has 20 heavy (non-hydrogen) atoms. The molecule has 1 N–H and O–H groups in total. The molecule has 0 aliphatic carbocycles. The van der Waals surface area contributed by atoms with Crippen molar-refractivity contribution in [2.45, 2.75) is 44.9 Å². The normalized spacial score (nSPS) is 31.6. The second-order valence-corrected chi connectivity index (χ2v) is 6.15. The highest BCUT2D eigenvalue weighted by molar-refractivity contribution is 5.16. The van der Waals surface area contributed by atoms with Crippen LogP contribution in [-0.4, -0.2) is 46.9 Å². The Morgan fingerprint density at radius 3 is 3.10 bits per heavy atom. The third-order valence-electron chi connectivity index (χ3n) is 4.59. The molecule has 4 heteroatoms. The van der Waals surface area contributed by atoms with Gasteiger partial charge in [0.05, 0.1) is 12.7 Å². The average molecular weight is 276 g/mol. The first-order chi connectivity index (χ1) is 9.74. The van der Waals surface area contributed by atoms with Gasteiger partial charge in [-0.2, -0.15) is 0 Å². The molecule has 0 aromatic carbocycles. The quantitative estimate of drug-likeness (QED) is 0.913. The summed E-state index contributed by atoms with van der Waals surface area (Å²) in [5.41, 5.74) is 2.47. The fourth-order valence-corrected chi connectivity index (χ4v) is 3.59. The van der Waals surface area contributed by atoms with Gasteiger partial charge in [-0.3, -0.25) is 9.88 Å². The second-order valence-electron chi connectivity index (χ2n) is 6.15. The van der Waals surface area contributed by atoms with Crippen molar-refractivity contribution in [3.05, 3.63) is 29.6 Å². The Balaban J connectivity index is 1.69. The minimum absolute atomic E-state index is 0.204. The first-order valence-electron chi connectivity index (χ1n) is 7.64. The highest BCUT2D eigenvalue weighted by Crippen LogP contribution is 2.30. The molecular weight excluding hydrogens is 252 g/mol. The number of aromatic nitrogens is 1. The predicted molar refractivity (Wildman–Crippen MR) is 77.3 cm³/mol. The van der Waals surface area contributed by atoms with Crippen molar-refractivity contribution in [1.82, 2.24) is 9.88 Å². The molecule has 110 valence electrons. The van der Waals surface area contributed by atoms with E-state index in [2.05, 4.69) is 22.9 Å². The summed E-state index contributed by atoms with van der Waals surface area (Å²) in [4.78, 5) is 6.78. The van der Waals surface area contributed by atoms with Crippen LogP contribution in [-0.2, 0) is 11.3 Å². The van der Waals surface area contributed by atoms with E-state index in [1.165, 1.54) is 24.0 Å². The van der Waals surface area contributed by atoms with Crippen molar-refractivity contribution in [3.8, 4) is 0 Å². The molecule has 2 fully saturated rings. The Morgan fingerprint density at radius 1 is 1.40 bits per heavy atom. The van der Waals surface area contributed by atoms with E-state index in [-0.39, 0.29) is 12.0 Å². The highest BCUT2D eigenvalue weighted by Gasteiger charge is 2.37. The largest absolute Gasteiger partial charge is 0.393 e. The number of ether oxygens (including phenoxy) is 1. The zero-order chi connectivity index (χ0) is 13.9. The van der Waals surface area contributed by atoms with E-state index < -0.39 is 0 Å². The summed E-state index contributed by atoms with van der Waals surface area (Å²) in [6.07, 6.45) is 6.81. The van der Waals surface area contributed by atoms with Crippen LogP contribution in [0.4, 0.5) is 0 Å². The summed E-state index contributed by atoms with van der Waals surface area (Å²) < 4.78 is 5.58. The Labute approximate surface area is 120 Å². The Morgan fingerprint density at radius 2 is 2.30 bits per heavy atom. The molecular formula is C16H24N2O2. The number of likely N-dealkylation sites (tertiary alicyclic amines) is 1. The van der Waals surface area contributed by atoms with Gasteiger partial charge in [0.15, 0.2) is 0 Å². The smallest absolute Gasteiger partial charge is 0.0627 e. The van der Waals surface area contributed by atoms with Crippen LogP contribution in [0.25, 0.3) is 0 Å². The lowest BCUT2D eigenvalue weighted by Crippen LogP contribution is -2.45. The monoisotopic (exact) mass is 276 g/mol. The van der Waals surface area contributed by atoms with Crippen LogP contribution in [0.2, 0.25) is 0 Å². The fourth-order valence-electron chi connectivity index (χ4n) is 3.59. The fraction of sp³-hybridized carbons (Fsp3) is 0.688. The number of hydrogen-bond acceptors (Lipinski definition) is 4. The van der Waals surface area contributed by atoms with Gasteiger partial charge in [0.25, 0.3) is 0 Å². The number of pyridine rings is 1. The molecule has 3 heterocycles. The van der Waals surface area contributed by atoms with Crippen LogP contribution in [0.15, 0.2) is 18.5 Å². The van der Waals surface area contributed by atoms with Gasteiger partial charge in [0.2, 0.25) is 0 Å². The molecule has 0 amide bonds. The second kappa shape index (κ2) is 6.20. The lowest BCUT2D eigenvalue weighted by molar-refractivity contribution is -0.0636. The van der Waals surface area contributed by atoms with Crippen molar-refractivity contribution in [3.63, 3.8) is 0 Å². The van der Waals surface area contributed by atoms with Crippen LogP contribution in [0.3, 0.4) is 0 Å². The Kier molecular flexibility index (Phi) is 4.34. The van der Waals surface area contributed by atoms with Crippen LogP contribution >= 0.6 is 0 Å². The van der Waals surface area contributed by atoms with Gasteiger partial charge >= 0.3 is 0 Å². The molecule has 4 nitrogen and oxygen atoms in total. The molecule has 2 saturated heterocycles. The van der Waals surface area contributed by atoms with Crippen molar-refractivity contribution >= 4 is 0 Å². The number of aliphatic hydroxyl groups excluding tert-OH is 1. The SMILES string of the molecule is Cc1cncc(CN2CCC[C@@H]2[C@H]2COCC[C@@H]2O)c1. The van der Waals surface area contributed by atoms with Gasteiger partial charge in [-0.15, -0.1) is 0 Å². The van der Waals surface area contributed by atoms with Crippen LogP contribution < -0.4 is 0 Å². The number of hydrogen-bond donors (Lipinski definition) is 1. The van der Waals surface area contributed by atoms with Crippen molar-refractivity contribution in [2.24, 2.45) is 5.92 Å². The first kappa shape index (κ1) is 14.0. The minimum Gasteiger partial charge on any atom is -0.393 e. The molecule has 0 bridgehead atoms. The zero-order valence-corrected chi connectivity index (χ0v) is 12.2. The van der Waals surface area contributed by atoms with E-state index in [9.17, 15) is 5.11 Å². The molecule has 0 radical (unpaired) electrons. The maximum atomic E-state index is 10.2. The summed E-state index contributed by atoms with van der Waals surface area (Å²) in [6.45, 7) is 5.53. The van der Waals surface area contributed by atoms with Gasteiger partial charge in [0, 0.05) is 37.5 Å². The standard InChI is InChI=1S/C16H24N2O2/c1-12-7-13(9-17-8-12)10-18-5-2-3-15(18)14-11-20-6-4-16(14)19/h7-9,14-16,19H,2-6,10-11H2,1H3/t14-,15-,16+/m1/s1. The van der Waals surface area contributed by atoms with Gasteiger partial charge in [-0.25, -0.2) is 0 Å². The molecule has 0 spiro atoms. The third kappa shape index (κ3) is 3.03. The number of rotatable bonds is 3. The van der Waals surface area contributed by atoms with Gasteiger partial charge in [-0.05, 0) is 43.9 Å². The summed E-state index contributed by atoms with van der Waals surface area (Å²) in [5, 5.41) is 10.2. The number of aryl methyl sites for hydroxylation is 1. The van der Waals surface area contributed by atoms with Crippen LogP contribution in [0.5, 0.6) is 0 Å². The zero-order valence-electron chi connectivity index (χ0n) is 12.2. The topological polar surface area (TPSA) is 45.6 Å². The van der Waals surface area contributed by atoms with Gasteiger partial charge in [-0.1, -0.05) is 6.07 Å². The Hall–Kier alpha value is -0.970. The molecule has 0 unspecified atom stereocenters.